The van der Waals surface area contributed by atoms with E-state index in [9.17, 15) is 9.50 Å². The fourth-order valence-electron chi connectivity index (χ4n) is 4.06. The molecule has 1 N–H and O–H groups in total. The molecule has 32 heavy (non-hydrogen) atoms. The maximum atomic E-state index is 14.6. The van der Waals surface area contributed by atoms with Crippen LogP contribution in [0.1, 0.15) is 35.5 Å². The number of hydrogen-bond donors (Lipinski definition) is 1. The van der Waals surface area contributed by atoms with Crippen molar-refractivity contribution in [1.82, 2.24) is 14.9 Å². The molecular formula is C24H32ClFN4O2. The summed E-state index contributed by atoms with van der Waals surface area (Å²) in [5, 5.41) is 10.6. The highest BCUT2D eigenvalue weighted by molar-refractivity contribution is 6.31. The van der Waals surface area contributed by atoms with Crippen molar-refractivity contribution < 1.29 is 14.2 Å². The van der Waals surface area contributed by atoms with Crippen molar-refractivity contribution in [3.05, 3.63) is 64.3 Å². The monoisotopic (exact) mass is 462 g/mol. The molecule has 0 amide bonds. The molecule has 2 aromatic rings. The Morgan fingerprint density at radius 3 is 2.66 bits per heavy atom. The number of aryl methyl sites for hydroxylation is 1. The van der Waals surface area contributed by atoms with Gasteiger partial charge in [0.2, 0.25) is 0 Å². The number of β-amino-alcohol motifs (C(OH)–C–C–N with tert-alkyl or cyclic N) is 1. The van der Waals surface area contributed by atoms with Gasteiger partial charge in [-0.2, -0.15) is 0 Å². The average molecular weight is 463 g/mol. The molecule has 1 atom stereocenters. The number of aliphatic hydroxyl groups excluding tert-OH is 1. The molecule has 1 fully saturated rings. The van der Waals surface area contributed by atoms with Crippen molar-refractivity contribution in [3.8, 4) is 0 Å². The molecule has 1 aromatic heterocycles. The number of allylic oxidation sites excluding steroid dienone is 1. The minimum Gasteiger partial charge on any atom is -0.392 e. The summed E-state index contributed by atoms with van der Waals surface area (Å²) in [6, 6.07) is 4.72. The number of methoxy groups -OCH3 is 1. The summed E-state index contributed by atoms with van der Waals surface area (Å²) in [4.78, 5) is 13.8. The first kappa shape index (κ1) is 24.6. The van der Waals surface area contributed by atoms with Gasteiger partial charge in [0.05, 0.1) is 18.4 Å². The normalized spacial score (nSPS) is 15.7. The Kier molecular flexibility index (Phi) is 8.99. The molecular weight excluding hydrogens is 431 g/mol. The van der Waals surface area contributed by atoms with E-state index in [1.165, 1.54) is 6.07 Å². The fourth-order valence-corrected chi connectivity index (χ4v) is 4.29. The lowest BCUT2D eigenvalue weighted by molar-refractivity contribution is 0.103. The molecule has 1 saturated heterocycles. The van der Waals surface area contributed by atoms with Crippen molar-refractivity contribution in [2.24, 2.45) is 0 Å². The van der Waals surface area contributed by atoms with E-state index in [-0.39, 0.29) is 11.9 Å². The van der Waals surface area contributed by atoms with E-state index in [0.29, 0.717) is 36.0 Å². The number of ether oxygens (including phenoxy) is 1. The van der Waals surface area contributed by atoms with Gasteiger partial charge >= 0.3 is 0 Å². The van der Waals surface area contributed by atoms with E-state index in [0.717, 1.165) is 56.1 Å². The number of nitrogens with zero attached hydrogens (tertiary/aromatic N) is 4. The Morgan fingerprint density at radius 2 is 2.00 bits per heavy atom. The van der Waals surface area contributed by atoms with Crippen molar-refractivity contribution in [3.63, 3.8) is 0 Å². The van der Waals surface area contributed by atoms with Crippen LogP contribution in [0.25, 0.3) is 0 Å². The minimum atomic E-state index is -0.354. The summed E-state index contributed by atoms with van der Waals surface area (Å²) in [6.07, 6.45) is 3.31. The molecule has 174 valence electrons. The Hall–Kier alpha value is -2.06. The highest BCUT2D eigenvalue weighted by Crippen LogP contribution is 2.29. The molecule has 2 heterocycles. The first-order valence-electron chi connectivity index (χ1n) is 11.0. The zero-order chi connectivity index (χ0) is 23.1. The lowest BCUT2D eigenvalue weighted by Crippen LogP contribution is -2.49. The van der Waals surface area contributed by atoms with Crippen LogP contribution in [0.5, 0.6) is 0 Å². The Labute approximate surface area is 194 Å². The molecule has 1 aliphatic rings. The van der Waals surface area contributed by atoms with Crippen LogP contribution in [-0.2, 0) is 17.8 Å². The maximum Gasteiger partial charge on any atom is 0.136 e. The highest BCUT2D eigenvalue weighted by Gasteiger charge is 2.25. The SMILES string of the molecule is C=CCC[C@@H](O)CN1CCN(c2nc(C)nc(COC)c2Cc2c(F)cccc2Cl)CC1. The van der Waals surface area contributed by atoms with Crippen LogP contribution in [0.4, 0.5) is 10.2 Å². The van der Waals surface area contributed by atoms with Gasteiger partial charge in [-0.05, 0) is 31.9 Å². The fraction of sp³-hybridized carbons (Fsp3) is 0.500. The van der Waals surface area contributed by atoms with Gasteiger partial charge in [-0.3, -0.25) is 4.90 Å². The molecule has 3 rings (SSSR count). The number of aliphatic hydroxyl groups is 1. The number of halogens is 2. The van der Waals surface area contributed by atoms with Crippen LogP contribution in [0.2, 0.25) is 5.02 Å². The number of piperazine rings is 1. The minimum absolute atomic E-state index is 0.292. The van der Waals surface area contributed by atoms with Crippen LogP contribution < -0.4 is 4.90 Å². The van der Waals surface area contributed by atoms with E-state index in [4.69, 9.17) is 21.3 Å². The second-order valence-corrected chi connectivity index (χ2v) is 8.54. The summed E-state index contributed by atoms with van der Waals surface area (Å²) < 4.78 is 19.9. The molecule has 8 heteroatoms. The van der Waals surface area contributed by atoms with Gasteiger partial charge < -0.3 is 14.7 Å². The maximum absolute atomic E-state index is 14.6. The van der Waals surface area contributed by atoms with Gasteiger partial charge in [-0.25, -0.2) is 14.4 Å². The smallest absolute Gasteiger partial charge is 0.136 e. The van der Waals surface area contributed by atoms with Gasteiger partial charge in [0.1, 0.15) is 17.5 Å². The second kappa shape index (κ2) is 11.7. The predicted molar refractivity (Wildman–Crippen MR) is 126 cm³/mol. The third-order valence-corrected chi connectivity index (χ3v) is 6.08. The summed E-state index contributed by atoms with van der Waals surface area (Å²) in [6.45, 7) is 9.68. The molecule has 0 saturated carbocycles. The van der Waals surface area contributed by atoms with Crippen LogP contribution in [0.3, 0.4) is 0 Å². The van der Waals surface area contributed by atoms with Crippen molar-refractivity contribution >= 4 is 17.4 Å². The Morgan fingerprint density at radius 1 is 1.25 bits per heavy atom. The summed E-state index contributed by atoms with van der Waals surface area (Å²) in [5.74, 6) is 1.11. The first-order valence-corrected chi connectivity index (χ1v) is 11.3. The van der Waals surface area contributed by atoms with Gasteiger partial charge in [0.25, 0.3) is 0 Å². The zero-order valence-electron chi connectivity index (χ0n) is 18.9. The van der Waals surface area contributed by atoms with Crippen LogP contribution >= 0.6 is 11.6 Å². The zero-order valence-corrected chi connectivity index (χ0v) is 19.6. The molecule has 1 aromatic carbocycles. The van der Waals surface area contributed by atoms with Gasteiger partial charge in [0, 0.05) is 62.4 Å². The number of aromatic nitrogens is 2. The summed E-state index contributed by atoms with van der Waals surface area (Å²) in [7, 11) is 1.62. The van der Waals surface area contributed by atoms with Crippen molar-refractivity contribution in [2.75, 3.05) is 44.7 Å². The molecule has 6 nitrogen and oxygen atoms in total. The predicted octanol–water partition coefficient (Wildman–Crippen LogP) is 3.76. The molecule has 1 aliphatic heterocycles. The third-order valence-electron chi connectivity index (χ3n) is 5.72. The number of rotatable bonds is 10. The van der Waals surface area contributed by atoms with Crippen LogP contribution in [0.15, 0.2) is 30.9 Å². The largest absolute Gasteiger partial charge is 0.392 e. The first-order chi connectivity index (χ1) is 15.4. The molecule has 0 spiro atoms. The Balaban J connectivity index is 1.83. The van der Waals surface area contributed by atoms with E-state index < -0.39 is 0 Å². The van der Waals surface area contributed by atoms with Gasteiger partial charge in [-0.15, -0.1) is 6.58 Å². The van der Waals surface area contributed by atoms with Crippen molar-refractivity contribution in [1.29, 1.82) is 0 Å². The van der Waals surface area contributed by atoms with Crippen LogP contribution in [0, 0.1) is 12.7 Å². The topological polar surface area (TPSA) is 61.7 Å². The van der Waals surface area contributed by atoms with E-state index >= 15 is 0 Å². The Bertz CT molecular complexity index is 899. The standard InChI is InChI=1S/C24H32ClFN4O2/c1-4-5-7-18(31)15-29-10-12-30(13-11-29)24-20(23(16-32-3)27-17(2)28-24)14-19-21(25)8-6-9-22(19)26/h4,6,8-9,18,31H,1,5,7,10-16H2,2-3H3/t18-/m1/s1. The molecule has 0 radical (unpaired) electrons. The van der Waals surface area contributed by atoms with Gasteiger partial charge in [-0.1, -0.05) is 23.7 Å². The second-order valence-electron chi connectivity index (χ2n) is 8.14. The molecule has 0 unspecified atom stereocenters. The molecule has 0 bridgehead atoms. The van der Waals surface area contributed by atoms with Crippen molar-refractivity contribution in [2.45, 2.75) is 38.9 Å². The number of hydrogen-bond acceptors (Lipinski definition) is 6. The number of benzene rings is 1. The van der Waals surface area contributed by atoms with E-state index in [1.54, 1.807) is 19.2 Å². The van der Waals surface area contributed by atoms with E-state index in [1.807, 2.05) is 13.0 Å². The average Bonchev–Trinajstić information content (AvgIpc) is 2.76. The third kappa shape index (κ3) is 6.25. The summed E-state index contributed by atoms with van der Waals surface area (Å²) >= 11 is 6.32. The molecule has 0 aliphatic carbocycles. The van der Waals surface area contributed by atoms with Crippen LogP contribution in [-0.4, -0.2) is 65.9 Å². The summed E-state index contributed by atoms with van der Waals surface area (Å²) in [5.41, 5.74) is 2.02. The quantitative estimate of drug-likeness (QED) is 0.542. The van der Waals surface area contributed by atoms with Gasteiger partial charge in [0.15, 0.2) is 0 Å². The van der Waals surface area contributed by atoms with E-state index in [2.05, 4.69) is 21.4 Å². The lowest BCUT2D eigenvalue weighted by atomic mass is 10.0. The number of anilines is 1. The highest BCUT2D eigenvalue weighted by atomic mass is 35.5. The lowest BCUT2D eigenvalue weighted by Gasteiger charge is -2.37.